The first-order valence-corrected chi connectivity index (χ1v) is 8.13. The number of hydrazone groups is 1. The third kappa shape index (κ3) is 7.24. The lowest BCUT2D eigenvalue weighted by Gasteiger charge is -2.05. The second kappa shape index (κ2) is 10.4. The number of rotatable bonds is 8. The zero-order valence-electron chi connectivity index (χ0n) is 15.0. The molecule has 0 radical (unpaired) electrons. The van der Waals surface area contributed by atoms with E-state index in [-0.39, 0.29) is 6.61 Å². The van der Waals surface area contributed by atoms with E-state index < -0.39 is 30.0 Å². The Morgan fingerprint density at radius 1 is 1.04 bits per heavy atom. The molecule has 28 heavy (non-hydrogen) atoms. The zero-order chi connectivity index (χ0) is 20.4. The molecule has 146 valence electrons. The molecule has 0 unspecified atom stereocenters. The maximum atomic E-state index is 12.8. The number of hydrogen-bond acceptors (Lipinski definition) is 6. The number of carbonyl (C=O) groups is 3. The van der Waals surface area contributed by atoms with Crippen LogP contribution in [-0.4, -0.2) is 37.7 Å². The van der Waals surface area contributed by atoms with Crippen LogP contribution in [0.15, 0.2) is 53.6 Å². The van der Waals surface area contributed by atoms with Gasteiger partial charge in [-0.25, -0.2) is 14.6 Å². The molecule has 8 nitrogen and oxygen atoms in total. The monoisotopic (exact) mass is 387 g/mol. The molecular weight excluding hydrogens is 369 g/mol. The summed E-state index contributed by atoms with van der Waals surface area (Å²) < 4.78 is 22.5. The first-order valence-electron chi connectivity index (χ1n) is 8.13. The fraction of sp³-hybridized carbons (Fsp3) is 0.158. The summed E-state index contributed by atoms with van der Waals surface area (Å²) in [5.74, 6) is -1.59. The molecule has 0 aliphatic rings. The van der Waals surface area contributed by atoms with Gasteiger partial charge in [-0.1, -0.05) is 0 Å². The summed E-state index contributed by atoms with van der Waals surface area (Å²) in [6.45, 7) is -0.194. The molecule has 0 heterocycles. The van der Waals surface area contributed by atoms with Gasteiger partial charge in [-0.2, -0.15) is 5.10 Å². The van der Waals surface area contributed by atoms with Crippen molar-refractivity contribution in [2.45, 2.75) is 6.42 Å². The van der Waals surface area contributed by atoms with Gasteiger partial charge in [0.25, 0.3) is 0 Å². The van der Waals surface area contributed by atoms with Gasteiger partial charge < -0.3 is 14.8 Å². The number of benzene rings is 2. The van der Waals surface area contributed by atoms with Gasteiger partial charge in [0.2, 0.25) is 11.8 Å². The van der Waals surface area contributed by atoms with E-state index in [1.807, 2.05) is 0 Å². The van der Waals surface area contributed by atoms with Crippen molar-refractivity contribution in [3.8, 4) is 5.75 Å². The standard InChI is InChI=1S/C19H18FN3O5/c1-27-19(26)12-28-16-8-2-13(3-9-16)11-21-23-18(25)10-17(24)22-15-6-4-14(20)5-7-15/h2-9,11H,10,12H2,1H3,(H,22,24)(H,23,25). The molecule has 9 heteroatoms. The van der Waals surface area contributed by atoms with Crippen molar-refractivity contribution in [3.05, 3.63) is 59.9 Å². The maximum Gasteiger partial charge on any atom is 0.343 e. The molecule has 0 atom stereocenters. The molecule has 2 N–H and O–H groups in total. The van der Waals surface area contributed by atoms with Crippen LogP contribution in [0, 0.1) is 5.82 Å². The number of anilines is 1. The van der Waals surface area contributed by atoms with Crippen LogP contribution in [0.3, 0.4) is 0 Å². The Bertz CT molecular complexity index is 851. The van der Waals surface area contributed by atoms with Gasteiger partial charge >= 0.3 is 5.97 Å². The predicted octanol–water partition coefficient (Wildman–Crippen LogP) is 1.86. The molecule has 2 aromatic carbocycles. The second-order valence-corrected chi connectivity index (χ2v) is 5.46. The summed E-state index contributed by atoms with van der Waals surface area (Å²) in [5, 5.41) is 6.23. The summed E-state index contributed by atoms with van der Waals surface area (Å²) in [7, 11) is 1.27. The van der Waals surface area contributed by atoms with Gasteiger partial charge in [0, 0.05) is 5.69 Å². The number of amides is 2. The zero-order valence-corrected chi connectivity index (χ0v) is 15.0. The molecule has 2 amide bonds. The molecule has 0 fully saturated rings. The Hall–Kier alpha value is -3.75. The summed E-state index contributed by atoms with van der Waals surface area (Å²) in [5.41, 5.74) is 3.29. The molecule has 0 aliphatic heterocycles. The van der Waals surface area contributed by atoms with E-state index in [9.17, 15) is 18.8 Å². The van der Waals surface area contributed by atoms with Crippen molar-refractivity contribution in [2.75, 3.05) is 19.0 Å². The third-order valence-corrected chi connectivity index (χ3v) is 3.32. The molecule has 0 aliphatic carbocycles. The van der Waals surface area contributed by atoms with Crippen molar-refractivity contribution in [2.24, 2.45) is 5.10 Å². The minimum atomic E-state index is -0.603. The van der Waals surface area contributed by atoms with E-state index in [1.165, 1.54) is 37.6 Å². The highest BCUT2D eigenvalue weighted by atomic mass is 19.1. The first-order chi connectivity index (χ1) is 13.5. The van der Waals surface area contributed by atoms with Gasteiger partial charge in [-0.05, 0) is 54.1 Å². The van der Waals surface area contributed by atoms with Crippen LogP contribution in [0.5, 0.6) is 5.75 Å². The van der Waals surface area contributed by atoms with Crippen molar-refractivity contribution < 1.29 is 28.2 Å². The summed E-state index contributed by atoms with van der Waals surface area (Å²) in [6.07, 6.45) is 0.953. The van der Waals surface area contributed by atoms with Gasteiger partial charge in [-0.3, -0.25) is 9.59 Å². The van der Waals surface area contributed by atoms with Crippen LogP contribution in [0.1, 0.15) is 12.0 Å². The van der Waals surface area contributed by atoms with E-state index in [0.717, 1.165) is 0 Å². The van der Waals surface area contributed by atoms with Crippen molar-refractivity contribution in [3.63, 3.8) is 0 Å². The second-order valence-electron chi connectivity index (χ2n) is 5.46. The van der Waals surface area contributed by atoms with E-state index in [4.69, 9.17) is 4.74 Å². The number of hydrogen-bond donors (Lipinski definition) is 2. The minimum Gasteiger partial charge on any atom is -0.482 e. The molecule has 0 saturated carbocycles. The molecular formula is C19H18FN3O5. The number of halogens is 1. The van der Waals surface area contributed by atoms with Crippen LogP contribution in [0.4, 0.5) is 10.1 Å². The maximum absolute atomic E-state index is 12.8. The van der Waals surface area contributed by atoms with Crippen LogP contribution in [-0.2, 0) is 19.1 Å². The minimum absolute atomic E-state index is 0.194. The van der Waals surface area contributed by atoms with E-state index >= 15 is 0 Å². The lowest BCUT2D eigenvalue weighted by molar-refractivity contribution is -0.143. The van der Waals surface area contributed by atoms with Crippen LogP contribution >= 0.6 is 0 Å². The fourth-order valence-electron chi connectivity index (χ4n) is 1.95. The summed E-state index contributed by atoms with van der Waals surface area (Å²) in [6, 6.07) is 11.8. The van der Waals surface area contributed by atoms with Crippen molar-refractivity contribution in [1.82, 2.24) is 5.43 Å². The number of nitrogens with zero attached hydrogens (tertiary/aromatic N) is 1. The molecule has 2 rings (SSSR count). The number of nitrogens with one attached hydrogen (secondary N) is 2. The molecule has 0 spiro atoms. The van der Waals surface area contributed by atoms with Crippen LogP contribution in [0.2, 0.25) is 0 Å². The summed E-state index contributed by atoms with van der Waals surface area (Å²) in [4.78, 5) is 34.5. The number of ether oxygens (including phenoxy) is 2. The van der Waals surface area contributed by atoms with Gasteiger partial charge in [0.05, 0.1) is 13.3 Å². The Morgan fingerprint density at radius 2 is 1.71 bits per heavy atom. The van der Waals surface area contributed by atoms with Crippen molar-refractivity contribution in [1.29, 1.82) is 0 Å². The molecule has 0 aromatic heterocycles. The van der Waals surface area contributed by atoms with Gasteiger partial charge in [-0.15, -0.1) is 0 Å². The number of esters is 1. The van der Waals surface area contributed by atoms with E-state index in [0.29, 0.717) is 17.0 Å². The van der Waals surface area contributed by atoms with Crippen molar-refractivity contribution >= 4 is 29.7 Å². The fourth-order valence-corrected chi connectivity index (χ4v) is 1.95. The lowest BCUT2D eigenvalue weighted by Crippen LogP contribution is -2.24. The molecule has 0 bridgehead atoms. The summed E-state index contributed by atoms with van der Waals surface area (Å²) >= 11 is 0. The Kier molecular flexibility index (Phi) is 7.64. The van der Waals surface area contributed by atoms with E-state index in [2.05, 4.69) is 20.6 Å². The molecule has 2 aromatic rings. The van der Waals surface area contributed by atoms with Crippen LogP contribution in [0.25, 0.3) is 0 Å². The van der Waals surface area contributed by atoms with Gasteiger partial charge in [0.1, 0.15) is 18.0 Å². The average molecular weight is 387 g/mol. The third-order valence-electron chi connectivity index (χ3n) is 3.32. The Morgan fingerprint density at radius 3 is 2.36 bits per heavy atom. The largest absolute Gasteiger partial charge is 0.482 e. The Labute approximate surface area is 160 Å². The quantitative estimate of drug-likeness (QED) is 0.311. The normalized spacial score (nSPS) is 10.4. The molecule has 0 saturated heterocycles. The van der Waals surface area contributed by atoms with Crippen LogP contribution < -0.4 is 15.5 Å². The number of methoxy groups -OCH3 is 1. The topological polar surface area (TPSA) is 106 Å². The predicted molar refractivity (Wildman–Crippen MR) is 99.3 cm³/mol. The Balaban J connectivity index is 1.75. The highest BCUT2D eigenvalue weighted by molar-refractivity contribution is 6.03. The highest BCUT2D eigenvalue weighted by Crippen LogP contribution is 2.11. The van der Waals surface area contributed by atoms with Gasteiger partial charge in [0.15, 0.2) is 6.61 Å². The SMILES string of the molecule is COC(=O)COc1ccc(C=NNC(=O)CC(=O)Nc2ccc(F)cc2)cc1. The number of carbonyl (C=O) groups excluding carboxylic acids is 3. The first kappa shape index (κ1) is 20.6. The average Bonchev–Trinajstić information content (AvgIpc) is 2.68. The lowest BCUT2D eigenvalue weighted by atomic mass is 10.2. The highest BCUT2D eigenvalue weighted by Gasteiger charge is 2.09. The van der Waals surface area contributed by atoms with E-state index in [1.54, 1.807) is 24.3 Å². The smallest absolute Gasteiger partial charge is 0.343 e.